The maximum Gasteiger partial charge on any atom is 0.218 e. The van der Waals surface area contributed by atoms with Crippen LogP contribution in [0.2, 0.25) is 0 Å². The fraction of sp³-hybridized carbons (Fsp3) is 0.500. The Bertz CT molecular complexity index is 435. The molecule has 1 aromatic rings. The molecule has 0 bridgehead atoms. The van der Waals surface area contributed by atoms with Gasteiger partial charge in [-0.05, 0) is 32.0 Å². The van der Waals surface area contributed by atoms with E-state index in [1.54, 1.807) is 14.2 Å². The molecule has 3 N–H and O–H groups in total. The predicted octanol–water partition coefficient (Wildman–Crippen LogP) is 1.62. The zero-order valence-corrected chi connectivity index (χ0v) is 11.9. The Morgan fingerprint density at radius 2 is 2.00 bits per heavy atom. The van der Waals surface area contributed by atoms with Gasteiger partial charge in [0.15, 0.2) is 0 Å². The Kier molecular flexibility index (Phi) is 5.63. The van der Waals surface area contributed by atoms with Crippen LogP contribution in [0.5, 0.6) is 11.5 Å². The standard InChI is InChI=1S/C14H22N2O3/c1-9(7-14(15)17)16-10(2)12-8-11(18-3)5-6-13(12)19-4/h5-6,8-10,16H,7H2,1-4H3,(H2,15,17). The van der Waals surface area contributed by atoms with Gasteiger partial charge in [-0.15, -0.1) is 0 Å². The van der Waals surface area contributed by atoms with Crippen molar-refractivity contribution in [1.82, 2.24) is 5.32 Å². The van der Waals surface area contributed by atoms with E-state index in [0.717, 1.165) is 17.1 Å². The van der Waals surface area contributed by atoms with E-state index < -0.39 is 0 Å². The molecule has 2 unspecified atom stereocenters. The van der Waals surface area contributed by atoms with Crippen LogP contribution in [0.15, 0.2) is 18.2 Å². The molecule has 0 aromatic heterocycles. The van der Waals surface area contributed by atoms with Gasteiger partial charge in [0.1, 0.15) is 11.5 Å². The summed E-state index contributed by atoms with van der Waals surface area (Å²) in [6.07, 6.45) is 0.302. The van der Waals surface area contributed by atoms with Crippen LogP contribution in [-0.4, -0.2) is 26.2 Å². The van der Waals surface area contributed by atoms with E-state index >= 15 is 0 Å². The van der Waals surface area contributed by atoms with Gasteiger partial charge < -0.3 is 20.5 Å². The van der Waals surface area contributed by atoms with E-state index in [1.807, 2.05) is 32.0 Å². The molecule has 1 rings (SSSR count). The molecule has 0 aliphatic rings. The molecule has 5 nitrogen and oxygen atoms in total. The lowest BCUT2D eigenvalue weighted by molar-refractivity contribution is -0.118. The lowest BCUT2D eigenvalue weighted by atomic mass is 10.0. The monoisotopic (exact) mass is 266 g/mol. The van der Waals surface area contributed by atoms with Crippen LogP contribution in [0, 0.1) is 0 Å². The number of benzene rings is 1. The van der Waals surface area contributed by atoms with E-state index in [9.17, 15) is 4.79 Å². The number of rotatable bonds is 7. The first-order valence-corrected chi connectivity index (χ1v) is 6.24. The van der Waals surface area contributed by atoms with Crippen molar-refractivity contribution in [3.8, 4) is 11.5 Å². The number of carbonyl (C=O) groups is 1. The lowest BCUT2D eigenvalue weighted by Crippen LogP contribution is -2.33. The Hall–Kier alpha value is -1.75. The summed E-state index contributed by atoms with van der Waals surface area (Å²) < 4.78 is 10.6. The van der Waals surface area contributed by atoms with Crippen molar-refractivity contribution in [3.63, 3.8) is 0 Å². The van der Waals surface area contributed by atoms with Crippen LogP contribution in [-0.2, 0) is 4.79 Å². The number of hydrogen-bond donors (Lipinski definition) is 2. The number of amides is 1. The molecule has 0 aliphatic carbocycles. The lowest BCUT2D eigenvalue weighted by Gasteiger charge is -2.21. The Balaban J connectivity index is 2.84. The molecule has 1 amide bonds. The summed E-state index contributed by atoms with van der Waals surface area (Å²) in [5.74, 6) is 1.24. The third-order valence-electron chi connectivity index (χ3n) is 2.95. The third-order valence-corrected chi connectivity index (χ3v) is 2.95. The van der Waals surface area contributed by atoms with Crippen LogP contribution in [0.4, 0.5) is 0 Å². The summed E-state index contributed by atoms with van der Waals surface area (Å²) >= 11 is 0. The first kappa shape index (κ1) is 15.3. The van der Waals surface area contributed by atoms with Gasteiger partial charge in [-0.25, -0.2) is 0 Å². The zero-order valence-electron chi connectivity index (χ0n) is 11.9. The molecule has 0 fully saturated rings. The smallest absolute Gasteiger partial charge is 0.218 e. The minimum Gasteiger partial charge on any atom is -0.497 e. The van der Waals surface area contributed by atoms with Gasteiger partial charge in [0.2, 0.25) is 5.91 Å². The molecule has 2 atom stereocenters. The first-order chi connectivity index (χ1) is 8.97. The zero-order chi connectivity index (χ0) is 14.4. The molecule has 19 heavy (non-hydrogen) atoms. The van der Waals surface area contributed by atoms with Crippen molar-refractivity contribution < 1.29 is 14.3 Å². The maximum atomic E-state index is 10.9. The molecule has 1 aromatic carbocycles. The van der Waals surface area contributed by atoms with E-state index in [1.165, 1.54) is 0 Å². The van der Waals surface area contributed by atoms with Gasteiger partial charge >= 0.3 is 0 Å². The first-order valence-electron chi connectivity index (χ1n) is 6.24. The highest BCUT2D eigenvalue weighted by molar-refractivity contribution is 5.74. The van der Waals surface area contributed by atoms with E-state index in [4.69, 9.17) is 15.2 Å². The number of methoxy groups -OCH3 is 2. The topological polar surface area (TPSA) is 73.6 Å². The number of ether oxygens (including phenoxy) is 2. The Labute approximate surface area is 114 Å². The fourth-order valence-electron chi connectivity index (χ4n) is 2.06. The van der Waals surface area contributed by atoms with E-state index in [0.29, 0.717) is 6.42 Å². The number of hydrogen-bond acceptors (Lipinski definition) is 4. The number of primary amides is 1. The summed E-state index contributed by atoms with van der Waals surface area (Å²) in [6, 6.07) is 5.67. The second-order valence-electron chi connectivity index (χ2n) is 4.57. The fourth-order valence-corrected chi connectivity index (χ4v) is 2.06. The average Bonchev–Trinajstić information content (AvgIpc) is 2.36. The highest BCUT2D eigenvalue weighted by Crippen LogP contribution is 2.29. The van der Waals surface area contributed by atoms with Crippen molar-refractivity contribution in [3.05, 3.63) is 23.8 Å². The quantitative estimate of drug-likeness (QED) is 0.786. The Morgan fingerprint density at radius 3 is 2.53 bits per heavy atom. The summed E-state index contributed by atoms with van der Waals surface area (Å²) in [4.78, 5) is 10.9. The average molecular weight is 266 g/mol. The minimum absolute atomic E-state index is 0.00315. The maximum absolute atomic E-state index is 10.9. The van der Waals surface area contributed by atoms with Gasteiger partial charge in [0.25, 0.3) is 0 Å². The SMILES string of the molecule is COc1ccc(OC)c(C(C)NC(C)CC(N)=O)c1. The number of nitrogens with two attached hydrogens (primary N) is 1. The van der Waals surface area contributed by atoms with Gasteiger partial charge in [0, 0.05) is 24.1 Å². The van der Waals surface area contributed by atoms with E-state index in [2.05, 4.69) is 5.32 Å². The van der Waals surface area contributed by atoms with Gasteiger partial charge in [-0.2, -0.15) is 0 Å². The van der Waals surface area contributed by atoms with Crippen molar-refractivity contribution in [2.75, 3.05) is 14.2 Å². The summed E-state index contributed by atoms with van der Waals surface area (Å²) in [5, 5.41) is 3.32. The molecule has 0 saturated carbocycles. The van der Waals surface area contributed by atoms with Crippen molar-refractivity contribution in [2.45, 2.75) is 32.4 Å². The number of carbonyl (C=O) groups excluding carboxylic acids is 1. The highest BCUT2D eigenvalue weighted by atomic mass is 16.5. The molecule has 5 heteroatoms. The second-order valence-corrected chi connectivity index (χ2v) is 4.57. The molecule has 0 heterocycles. The molecule has 106 valence electrons. The van der Waals surface area contributed by atoms with Crippen LogP contribution in [0.25, 0.3) is 0 Å². The van der Waals surface area contributed by atoms with Crippen LogP contribution in [0.1, 0.15) is 31.9 Å². The molecule has 0 saturated heterocycles. The molecule has 0 aliphatic heterocycles. The highest BCUT2D eigenvalue weighted by Gasteiger charge is 2.15. The third kappa shape index (κ3) is 4.44. The van der Waals surface area contributed by atoms with E-state index in [-0.39, 0.29) is 18.0 Å². The largest absolute Gasteiger partial charge is 0.497 e. The van der Waals surface area contributed by atoms with Crippen LogP contribution < -0.4 is 20.5 Å². The van der Waals surface area contributed by atoms with Crippen molar-refractivity contribution in [1.29, 1.82) is 0 Å². The van der Waals surface area contributed by atoms with Crippen molar-refractivity contribution in [2.24, 2.45) is 5.73 Å². The predicted molar refractivity (Wildman–Crippen MR) is 74.4 cm³/mol. The minimum atomic E-state index is -0.315. The van der Waals surface area contributed by atoms with Crippen molar-refractivity contribution >= 4 is 5.91 Å². The molecule has 0 radical (unpaired) electrons. The molecular weight excluding hydrogens is 244 g/mol. The molecule has 0 spiro atoms. The van der Waals surface area contributed by atoms with Crippen LogP contribution in [0.3, 0.4) is 0 Å². The van der Waals surface area contributed by atoms with Gasteiger partial charge in [0.05, 0.1) is 14.2 Å². The van der Waals surface area contributed by atoms with Gasteiger partial charge in [-0.1, -0.05) is 0 Å². The normalized spacial score (nSPS) is 13.7. The molecular formula is C14H22N2O3. The summed E-state index contributed by atoms with van der Waals surface area (Å²) in [6.45, 7) is 3.93. The summed E-state index contributed by atoms with van der Waals surface area (Å²) in [7, 11) is 3.25. The summed E-state index contributed by atoms with van der Waals surface area (Å²) in [5.41, 5.74) is 6.17. The van der Waals surface area contributed by atoms with Crippen LogP contribution >= 0.6 is 0 Å². The van der Waals surface area contributed by atoms with Gasteiger partial charge in [-0.3, -0.25) is 4.79 Å². The second kappa shape index (κ2) is 6.99. The number of nitrogens with one attached hydrogen (secondary N) is 1. The Morgan fingerprint density at radius 1 is 1.32 bits per heavy atom.